The highest BCUT2D eigenvalue weighted by Crippen LogP contribution is 2.58. The predicted octanol–water partition coefficient (Wildman–Crippen LogP) is 13.6. The lowest BCUT2D eigenvalue weighted by Crippen LogP contribution is -2.28. The van der Waals surface area contributed by atoms with E-state index in [0.29, 0.717) is 0 Å². The monoisotopic (exact) mass is 667 g/mol. The van der Waals surface area contributed by atoms with Crippen LogP contribution in [-0.2, 0) is 5.41 Å². The molecule has 0 spiro atoms. The molecule has 2 heteroatoms. The molecule has 1 atom stereocenters. The maximum atomic E-state index is 2.47. The molecule has 10 rings (SSSR count). The first-order valence-electron chi connectivity index (χ1n) is 17.5. The lowest BCUT2D eigenvalue weighted by molar-refractivity contribution is 0.770. The first-order chi connectivity index (χ1) is 25.3. The SMILES string of the molecule is c1ccc(-c2ccc(N(c3ccccc3)c3ccc4c(c3)C(c3ccccc3)(c3ccc5sc6ccccc6c5c3)c3ccccc3-4)cc2)cc1. The summed E-state index contributed by atoms with van der Waals surface area (Å²) in [5.41, 5.74) is 13.0. The van der Waals surface area contributed by atoms with E-state index in [1.54, 1.807) is 0 Å². The van der Waals surface area contributed by atoms with E-state index in [2.05, 4.69) is 205 Å². The minimum absolute atomic E-state index is 0.514. The Bertz CT molecular complexity index is 2680. The van der Waals surface area contributed by atoms with Crippen LogP contribution in [-0.4, -0.2) is 0 Å². The molecule has 0 amide bonds. The van der Waals surface area contributed by atoms with Gasteiger partial charge in [0.1, 0.15) is 0 Å². The van der Waals surface area contributed by atoms with Gasteiger partial charge >= 0.3 is 0 Å². The number of para-hydroxylation sites is 1. The molecule has 0 aliphatic heterocycles. The number of thiophene rings is 1. The van der Waals surface area contributed by atoms with Crippen molar-refractivity contribution in [2.75, 3.05) is 4.90 Å². The van der Waals surface area contributed by atoms with Crippen molar-refractivity contribution >= 4 is 48.6 Å². The van der Waals surface area contributed by atoms with Crippen molar-refractivity contribution in [3.63, 3.8) is 0 Å². The van der Waals surface area contributed by atoms with Crippen LogP contribution < -0.4 is 4.90 Å². The maximum Gasteiger partial charge on any atom is 0.0714 e. The molecular weight excluding hydrogens is 635 g/mol. The summed E-state index contributed by atoms with van der Waals surface area (Å²) in [4.78, 5) is 2.39. The number of rotatable bonds is 6. The molecular formula is C49H33NS. The van der Waals surface area contributed by atoms with Gasteiger partial charge in [-0.25, -0.2) is 0 Å². The highest BCUT2D eigenvalue weighted by molar-refractivity contribution is 7.25. The Morgan fingerprint density at radius 3 is 1.75 bits per heavy atom. The van der Waals surface area contributed by atoms with Crippen LogP contribution in [0.3, 0.4) is 0 Å². The van der Waals surface area contributed by atoms with Crippen LogP contribution in [0.25, 0.3) is 42.4 Å². The number of hydrogen-bond acceptors (Lipinski definition) is 2. The fourth-order valence-corrected chi connectivity index (χ4v) is 9.39. The molecule has 1 aliphatic rings. The van der Waals surface area contributed by atoms with Crippen LogP contribution in [0.4, 0.5) is 17.1 Å². The van der Waals surface area contributed by atoms with Crippen LogP contribution in [0.2, 0.25) is 0 Å². The first-order valence-corrected chi connectivity index (χ1v) is 18.3. The quantitative estimate of drug-likeness (QED) is 0.171. The standard InChI is InChI=1S/C49H33NS/c1-4-14-34(15-5-1)35-24-27-39(28-25-35)50(38-18-8-3-9-19-38)40-29-30-42-41-20-10-12-22-45(41)49(46(42)33-40,36-16-6-2-7-17-36)37-26-31-48-44(32-37)43-21-11-13-23-47(43)51-48/h1-33H. The second-order valence-corrected chi connectivity index (χ2v) is 14.4. The van der Waals surface area contributed by atoms with Gasteiger partial charge in [-0.05, 0) is 99.1 Å². The van der Waals surface area contributed by atoms with E-state index in [9.17, 15) is 0 Å². The molecule has 0 bridgehead atoms. The highest BCUT2D eigenvalue weighted by Gasteiger charge is 2.46. The third-order valence-corrected chi connectivity index (χ3v) is 11.7. The molecule has 0 N–H and O–H groups in total. The Labute approximate surface area is 302 Å². The minimum Gasteiger partial charge on any atom is -0.310 e. The Balaban J connectivity index is 1.23. The number of anilines is 3. The van der Waals surface area contributed by atoms with Gasteiger partial charge in [0.2, 0.25) is 0 Å². The van der Waals surface area contributed by atoms with Gasteiger partial charge in [0.15, 0.2) is 0 Å². The van der Waals surface area contributed by atoms with Crippen LogP contribution >= 0.6 is 11.3 Å². The molecule has 8 aromatic carbocycles. The summed E-state index contributed by atoms with van der Waals surface area (Å²) in [6.45, 7) is 0. The number of fused-ring (bicyclic) bond motifs is 6. The van der Waals surface area contributed by atoms with E-state index in [-0.39, 0.29) is 0 Å². The van der Waals surface area contributed by atoms with Crippen molar-refractivity contribution in [3.05, 3.63) is 222 Å². The molecule has 1 unspecified atom stereocenters. The van der Waals surface area contributed by atoms with E-state index in [4.69, 9.17) is 0 Å². The lowest BCUT2D eigenvalue weighted by Gasteiger charge is -2.35. The van der Waals surface area contributed by atoms with E-state index < -0.39 is 5.41 Å². The minimum atomic E-state index is -0.514. The molecule has 1 nitrogen and oxygen atoms in total. The van der Waals surface area contributed by atoms with Crippen molar-refractivity contribution in [1.82, 2.24) is 0 Å². The zero-order valence-corrected chi connectivity index (χ0v) is 28.7. The maximum absolute atomic E-state index is 2.47. The zero-order valence-electron chi connectivity index (χ0n) is 27.9. The number of hydrogen-bond donors (Lipinski definition) is 0. The summed E-state index contributed by atoms with van der Waals surface area (Å²) in [5.74, 6) is 0. The molecule has 1 aromatic heterocycles. The molecule has 1 aliphatic carbocycles. The molecule has 0 radical (unpaired) electrons. The van der Waals surface area contributed by atoms with Crippen molar-refractivity contribution in [2.45, 2.75) is 5.41 Å². The first kappa shape index (κ1) is 29.7. The van der Waals surface area contributed by atoms with Crippen LogP contribution in [0, 0.1) is 0 Å². The summed E-state index contributed by atoms with van der Waals surface area (Å²) in [7, 11) is 0. The lowest BCUT2D eigenvalue weighted by atomic mass is 9.67. The largest absolute Gasteiger partial charge is 0.310 e. The average Bonchev–Trinajstić information content (AvgIpc) is 3.73. The summed E-state index contributed by atoms with van der Waals surface area (Å²) >= 11 is 1.87. The van der Waals surface area contributed by atoms with E-state index in [1.165, 1.54) is 64.7 Å². The molecule has 1 heterocycles. The van der Waals surface area contributed by atoms with Gasteiger partial charge in [-0.15, -0.1) is 11.3 Å². The summed E-state index contributed by atoms with van der Waals surface area (Å²) in [6.07, 6.45) is 0. The Kier molecular flexibility index (Phi) is 6.97. The Morgan fingerprint density at radius 1 is 0.353 bits per heavy atom. The van der Waals surface area contributed by atoms with Gasteiger partial charge in [-0.1, -0.05) is 146 Å². The Morgan fingerprint density at radius 2 is 0.941 bits per heavy atom. The van der Waals surface area contributed by atoms with Crippen LogP contribution in [0.5, 0.6) is 0 Å². The molecule has 0 saturated carbocycles. The van der Waals surface area contributed by atoms with Crippen molar-refractivity contribution < 1.29 is 0 Å². The summed E-state index contributed by atoms with van der Waals surface area (Å²) in [6, 6.07) is 73.5. The molecule has 9 aromatic rings. The van der Waals surface area contributed by atoms with Gasteiger partial charge in [0.25, 0.3) is 0 Å². The topological polar surface area (TPSA) is 3.24 Å². The van der Waals surface area contributed by atoms with Crippen molar-refractivity contribution in [2.24, 2.45) is 0 Å². The number of benzene rings is 8. The van der Waals surface area contributed by atoms with E-state index >= 15 is 0 Å². The predicted molar refractivity (Wildman–Crippen MR) is 217 cm³/mol. The van der Waals surface area contributed by atoms with Crippen LogP contribution in [0.15, 0.2) is 200 Å². The molecule has 0 saturated heterocycles. The zero-order chi connectivity index (χ0) is 33.8. The van der Waals surface area contributed by atoms with Crippen molar-refractivity contribution in [3.8, 4) is 22.3 Å². The van der Waals surface area contributed by atoms with E-state index in [0.717, 1.165) is 17.1 Å². The van der Waals surface area contributed by atoms with E-state index in [1.807, 2.05) is 11.3 Å². The van der Waals surface area contributed by atoms with Gasteiger partial charge in [-0.3, -0.25) is 0 Å². The fraction of sp³-hybridized carbons (Fsp3) is 0.0204. The molecule has 240 valence electrons. The molecule has 0 fully saturated rings. The van der Waals surface area contributed by atoms with Gasteiger partial charge < -0.3 is 4.90 Å². The van der Waals surface area contributed by atoms with Gasteiger partial charge in [0, 0.05) is 37.2 Å². The second-order valence-electron chi connectivity index (χ2n) is 13.3. The van der Waals surface area contributed by atoms with Crippen LogP contribution in [0.1, 0.15) is 22.3 Å². The third-order valence-electron chi connectivity index (χ3n) is 10.6. The normalized spacial score (nSPS) is 14.7. The Hall–Kier alpha value is -6.22. The summed E-state index contributed by atoms with van der Waals surface area (Å²) < 4.78 is 2.64. The van der Waals surface area contributed by atoms with Gasteiger partial charge in [-0.2, -0.15) is 0 Å². The smallest absolute Gasteiger partial charge is 0.0714 e. The summed E-state index contributed by atoms with van der Waals surface area (Å²) in [5, 5.41) is 2.63. The fourth-order valence-electron chi connectivity index (χ4n) is 8.30. The molecule has 51 heavy (non-hydrogen) atoms. The second kappa shape index (κ2) is 12.0. The number of nitrogens with zero attached hydrogens (tertiary/aromatic N) is 1. The highest BCUT2D eigenvalue weighted by atomic mass is 32.1. The average molecular weight is 668 g/mol. The third kappa shape index (κ3) is 4.68. The van der Waals surface area contributed by atoms with Crippen molar-refractivity contribution in [1.29, 1.82) is 0 Å². The van der Waals surface area contributed by atoms with Gasteiger partial charge in [0.05, 0.1) is 5.41 Å².